The second-order valence-electron chi connectivity index (χ2n) is 8.31. The van der Waals surface area contributed by atoms with Crippen molar-refractivity contribution in [1.29, 1.82) is 0 Å². The number of fused-ring (bicyclic) bond motifs is 1. The van der Waals surface area contributed by atoms with E-state index in [1.165, 1.54) is 0 Å². The highest BCUT2D eigenvalue weighted by molar-refractivity contribution is 5.69. The second-order valence-corrected chi connectivity index (χ2v) is 8.31. The zero-order valence-corrected chi connectivity index (χ0v) is 13.5. The minimum absolute atomic E-state index is 0.0683. The normalized spacial score (nSPS) is 39.0. The first kappa shape index (κ1) is 15.6. The van der Waals surface area contributed by atoms with Crippen LogP contribution in [-0.2, 0) is 9.53 Å². The summed E-state index contributed by atoms with van der Waals surface area (Å²) in [6.07, 6.45) is 1.77. The maximum Gasteiger partial charge on any atom is 0.408 e. The quantitative estimate of drug-likeness (QED) is 0.721. The summed E-state index contributed by atoms with van der Waals surface area (Å²) < 4.78 is 5.35. The van der Waals surface area contributed by atoms with E-state index in [4.69, 9.17) is 9.84 Å². The van der Waals surface area contributed by atoms with Crippen LogP contribution in [0, 0.1) is 29.1 Å². The lowest BCUT2D eigenvalue weighted by Crippen LogP contribution is -2.60. The van der Waals surface area contributed by atoms with Crippen LogP contribution >= 0.6 is 0 Å². The molecule has 3 rings (SSSR count). The molecule has 5 atom stereocenters. The molecule has 0 aromatic rings. The lowest BCUT2D eigenvalue weighted by atomic mass is 9.96. The molecule has 22 heavy (non-hydrogen) atoms. The largest absolute Gasteiger partial charge is 0.481 e. The number of amides is 1. The van der Waals surface area contributed by atoms with E-state index >= 15 is 0 Å². The van der Waals surface area contributed by atoms with Gasteiger partial charge in [-0.05, 0) is 36.0 Å². The number of rotatable bonds is 5. The third-order valence-electron chi connectivity index (χ3n) is 5.05. The predicted molar refractivity (Wildman–Crippen MR) is 80.1 cm³/mol. The molecular weight excluding hydrogens is 284 g/mol. The molecule has 2 saturated carbocycles. The van der Waals surface area contributed by atoms with Crippen molar-refractivity contribution < 1.29 is 19.4 Å². The molecule has 4 unspecified atom stereocenters. The van der Waals surface area contributed by atoms with Gasteiger partial charge < -0.3 is 15.2 Å². The van der Waals surface area contributed by atoms with Crippen molar-refractivity contribution in [3.05, 3.63) is 0 Å². The summed E-state index contributed by atoms with van der Waals surface area (Å²) in [5, 5.41) is 15.5. The average molecular weight is 310 g/mol. The molecule has 1 heterocycles. The number of alkyl carbamates (subject to hydrolysis) is 1. The Labute approximate surface area is 131 Å². The van der Waals surface area contributed by atoms with E-state index in [1.807, 2.05) is 20.8 Å². The monoisotopic (exact) mass is 310 g/mol. The highest BCUT2D eigenvalue weighted by Gasteiger charge is 2.67. The Hall–Kier alpha value is -1.30. The van der Waals surface area contributed by atoms with E-state index in [1.54, 1.807) is 0 Å². The number of carbonyl (C=O) groups is 2. The lowest BCUT2D eigenvalue weighted by Gasteiger charge is -2.34. The van der Waals surface area contributed by atoms with Gasteiger partial charge in [0.2, 0.25) is 0 Å². The number of ether oxygens (including phenoxy) is 1. The molecule has 6 heteroatoms. The summed E-state index contributed by atoms with van der Waals surface area (Å²) in [5.74, 6) is 0.659. The fourth-order valence-electron chi connectivity index (χ4n) is 3.84. The Morgan fingerprint density at radius 2 is 2.05 bits per heavy atom. The highest BCUT2D eigenvalue weighted by Crippen LogP contribution is 2.60. The molecule has 1 aliphatic heterocycles. The van der Waals surface area contributed by atoms with Crippen LogP contribution in [0.25, 0.3) is 0 Å². The van der Waals surface area contributed by atoms with Gasteiger partial charge in [-0.2, -0.15) is 0 Å². The first-order chi connectivity index (χ1) is 10.2. The number of carbonyl (C=O) groups excluding carboxylic acids is 1. The second kappa shape index (κ2) is 5.11. The van der Waals surface area contributed by atoms with Crippen LogP contribution < -0.4 is 10.6 Å². The van der Waals surface area contributed by atoms with Crippen molar-refractivity contribution in [3.63, 3.8) is 0 Å². The van der Waals surface area contributed by atoms with Gasteiger partial charge in [-0.1, -0.05) is 20.8 Å². The fourth-order valence-corrected chi connectivity index (χ4v) is 3.84. The van der Waals surface area contributed by atoms with Crippen LogP contribution in [0.4, 0.5) is 4.79 Å². The molecule has 0 aromatic carbocycles. The van der Waals surface area contributed by atoms with Crippen LogP contribution in [0.5, 0.6) is 0 Å². The fraction of sp³-hybridized carbons (Fsp3) is 0.875. The van der Waals surface area contributed by atoms with E-state index in [2.05, 4.69) is 10.6 Å². The lowest BCUT2D eigenvalue weighted by molar-refractivity contribution is -0.137. The molecule has 0 aromatic heterocycles. The average Bonchev–Trinajstić information content (AvgIpc) is 3.27. The highest BCUT2D eigenvalue weighted by atomic mass is 16.5. The van der Waals surface area contributed by atoms with E-state index in [0.29, 0.717) is 18.4 Å². The zero-order valence-electron chi connectivity index (χ0n) is 13.5. The van der Waals surface area contributed by atoms with Gasteiger partial charge in [0.15, 0.2) is 0 Å². The van der Waals surface area contributed by atoms with E-state index in [9.17, 15) is 9.59 Å². The minimum atomic E-state index is -0.761. The number of aliphatic carboxylic acids is 1. The molecule has 3 N–H and O–H groups in total. The molecule has 1 amide bonds. The summed E-state index contributed by atoms with van der Waals surface area (Å²) in [6.45, 7) is 7.33. The summed E-state index contributed by atoms with van der Waals surface area (Å²) in [4.78, 5) is 23.1. The molecule has 3 fully saturated rings. The van der Waals surface area contributed by atoms with Gasteiger partial charge in [-0.15, -0.1) is 0 Å². The van der Waals surface area contributed by atoms with Gasteiger partial charge in [0.05, 0.1) is 6.61 Å². The Kier molecular flexibility index (Phi) is 3.62. The molecule has 0 spiro atoms. The zero-order chi connectivity index (χ0) is 16.1. The summed E-state index contributed by atoms with van der Waals surface area (Å²) in [7, 11) is 0. The molecule has 124 valence electrons. The third-order valence-corrected chi connectivity index (χ3v) is 5.05. The van der Waals surface area contributed by atoms with Crippen molar-refractivity contribution in [3.8, 4) is 0 Å². The van der Waals surface area contributed by atoms with Gasteiger partial charge >= 0.3 is 12.1 Å². The van der Waals surface area contributed by atoms with Gasteiger partial charge in [0.25, 0.3) is 0 Å². The Bertz CT molecular complexity index is 487. The standard InChI is InChI=1S/C16H26N2O4/c1-15(2,3)8-22-14(21)18-16(12-5-10(12)7-17-16)11-4-9(11)6-13(19)20/h9-12,17H,4-8H2,1-3H3,(H,18,21)(H,19,20)/t9?,10?,11?,12?,16-/m0/s1. The van der Waals surface area contributed by atoms with Crippen LogP contribution in [0.15, 0.2) is 0 Å². The van der Waals surface area contributed by atoms with Crippen molar-refractivity contribution in [1.82, 2.24) is 10.6 Å². The van der Waals surface area contributed by atoms with Crippen LogP contribution in [0.1, 0.15) is 40.0 Å². The molecule has 3 aliphatic rings. The first-order valence-corrected chi connectivity index (χ1v) is 8.13. The van der Waals surface area contributed by atoms with Gasteiger partial charge in [-0.25, -0.2) is 4.79 Å². The minimum Gasteiger partial charge on any atom is -0.481 e. The number of carboxylic acids is 1. The molecule has 0 radical (unpaired) electrons. The van der Waals surface area contributed by atoms with Crippen LogP contribution in [-0.4, -0.2) is 36.0 Å². The summed E-state index contributed by atoms with van der Waals surface area (Å²) >= 11 is 0. The first-order valence-electron chi connectivity index (χ1n) is 8.13. The van der Waals surface area contributed by atoms with E-state index in [0.717, 1.165) is 19.4 Å². The molecule has 2 aliphatic carbocycles. The SMILES string of the molecule is CC(C)(C)COC(=O)N[C@]1(C2CC2CC(=O)O)NCC2CC21. The van der Waals surface area contributed by atoms with Crippen molar-refractivity contribution in [2.24, 2.45) is 29.1 Å². The maximum atomic E-state index is 12.2. The number of hydrogen-bond acceptors (Lipinski definition) is 4. The summed E-state index contributed by atoms with van der Waals surface area (Å²) in [6, 6.07) is 0. The molecule has 1 saturated heterocycles. The number of piperidine rings is 1. The van der Waals surface area contributed by atoms with Crippen molar-refractivity contribution >= 4 is 12.1 Å². The van der Waals surface area contributed by atoms with Crippen LogP contribution in [0.2, 0.25) is 0 Å². The predicted octanol–water partition coefficient (Wildman–Crippen LogP) is 1.81. The van der Waals surface area contributed by atoms with E-state index in [-0.39, 0.29) is 23.7 Å². The van der Waals surface area contributed by atoms with Gasteiger partial charge in [-0.3, -0.25) is 10.1 Å². The third kappa shape index (κ3) is 3.07. The Balaban J connectivity index is 1.62. The van der Waals surface area contributed by atoms with Crippen molar-refractivity contribution in [2.75, 3.05) is 13.2 Å². The topological polar surface area (TPSA) is 87.7 Å². The number of hydrogen-bond donors (Lipinski definition) is 3. The molecule has 6 nitrogen and oxygen atoms in total. The molecular formula is C16H26N2O4. The maximum absolute atomic E-state index is 12.2. The number of carboxylic acid groups (broad SMARTS) is 1. The van der Waals surface area contributed by atoms with Gasteiger partial charge in [0, 0.05) is 18.9 Å². The molecule has 0 bridgehead atoms. The van der Waals surface area contributed by atoms with Crippen molar-refractivity contribution in [2.45, 2.75) is 45.7 Å². The number of nitrogens with one attached hydrogen (secondary N) is 2. The van der Waals surface area contributed by atoms with Gasteiger partial charge in [0.1, 0.15) is 5.66 Å². The van der Waals surface area contributed by atoms with E-state index < -0.39 is 17.7 Å². The summed E-state index contributed by atoms with van der Waals surface area (Å²) in [5.41, 5.74) is -0.513. The van der Waals surface area contributed by atoms with Crippen LogP contribution in [0.3, 0.4) is 0 Å². The smallest absolute Gasteiger partial charge is 0.408 e. The Morgan fingerprint density at radius 3 is 2.55 bits per heavy atom. The Morgan fingerprint density at radius 1 is 1.32 bits per heavy atom.